The van der Waals surface area contributed by atoms with Crippen molar-refractivity contribution in [1.82, 2.24) is 5.32 Å². The Morgan fingerprint density at radius 3 is 2.42 bits per heavy atom. The van der Waals surface area contributed by atoms with E-state index in [4.69, 9.17) is 23.4 Å². The molecule has 1 atom stereocenters. The van der Waals surface area contributed by atoms with E-state index in [0.717, 1.165) is 16.5 Å². The average Bonchev–Trinajstić information content (AvgIpc) is 3.38. The van der Waals surface area contributed by atoms with Crippen LogP contribution in [0.25, 0.3) is 22.1 Å². The molecule has 9 nitrogen and oxygen atoms in total. The van der Waals surface area contributed by atoms with Crippen molar-refractivity contribution in [3.63, 3.8) is 0 Å². The fourth-order valence-electron chi connectivity index (χ4n) is 3.89. The number of furan rings is 1. The Hall–Kier alpha value is -3.40. The molecule has 1 aliphatic heterocycles. The summed E-state index contributed by atoms with van der Waals surface area (Å²) in [5.74, 6) is 1.69. The summed E-state index contributed by atoms with van der Waals surface area (Å²) in [5.41, 5.74) is 2.22. The van der Waals surface area contributed by atoms with Crippen molar-refractivity contribution in [2.75, 3.05) is 39.4 Å². The molecule has 1 aromatic heterocycles. The molecule has 176 valence electrons. The maximum Gasteiger partial charge on any atom is 0.258 e. The number of carbonyl (C=O) groups excluding carboxylic acids is 1. The van der Waals surface area contributed by atoms with Crippen LogP contribution in [0.1, 0.15) is 6.42 Å². The molecule has 33 heavy (non-hydrogen) atoms. The number of ether oxygens (including phenoxy) is 4. The molecule has 10 heteroatoms. The van der Waals surface area contributed by atoms with E-state index in [0.29, 0.717) is 35.0 Å². The predicted molar refractivity (Wildman–Crippen MR) is 122 cm³/mol. The van der Waals surface area contributed by atoms with Gasteiger partial charge in [0.2, 0.25) is 5.75 Å². The first-order valence-electron chi connectivity index (χ1n) is 10.3. The number of nitrogens with one attached hydrogen (secondary N) is 1. The minimum atomic E-state index is -3.06. The topological polar surface area (TPSA) is 113 Å². The Morgan fingerprint density at radius 2 is 1.82 bits per heavy atom. The first-order chi connectivity index (χ1) is 15.8. The van der Waals surface area contributed by atoms with Crippen LogP contribution >= 0.6 is 0 Å². The largest absolute Gasteiger partial charge is 0.493 e. The number of carbonyl (C=O) groups is 1. The highest BCUT2D eigenvalue weighted by Crippen LogP contribution is 2.43. The Balaban J connectivity index is 1.54. The van der Waals surface area contributed by atoms with Gasteiger partial charge in [-0.15, -0.1) is 0 Å². The van der Waals surface area contributed by atoms with Crippen LogP contribution in [0.15, 0.2) is 41.0 Å². The summed E-state index contributed by atoms with van der Waals surface area (Å²) in [6.07, 6.45) is 2.05. The van der Waals surface area contributed by atoms with Crippen molar-refractivity contribution in [1.29, 1.82) is 0 Å². The third kappa shape index (κ3) is 4.85. The maximum absolute atomic E-state index is 12.2. The van der Waals surface area contributed by atoms with Crippen LogP contribution in [0, 0.1) is 0 Å². The number of rotatable bonds is 8. The molecule has 2 heterocycles. The lowest BCUT2D eigenvalue weighted by molar-refractivity contribution is -0.123. The van der Waals surface area contributed by atoms with E-state index in [1.807, 2.05) is 12.1 Å². The molecule has 0 radical (unpaired) electrons. The van der Waals surface area contributed by atoms with Crippen molar-refractivity contribution in [3.8, 4) is 34.1 Å². The normalized spacial score (nSPS) is 17.0. The van der Waals surface area contributed by atoms with Gasteiger partial charge in [0.25, 0.3) is 5.91 Å². The van der Waals surface area contributed by atoms with Gasteiger partial charge >= 0.3 is 0 Å². The van der Waals surface area contributed by atoms with Gasteiger partial charge < -0.3 is 28.7 Å². The molecule has 0 saturated carbocycles. The fourth-order valence-corrected chi connectivity index (χ4v) is 5.56. The molecule has 2 aromatic carbocycles. The third-order valence-corrected chi connectivity index (χ3v) is 7.26. The van der Waals surface area contributed by atoms with Crippen LogP contribution in [0.3, 0.4) is 0 Å². The molecule has 1 amide bonds. The van der Waals surface area contributed by atoms with Crippen LogP contribution in [0.2, 0.25) is 0 Å². The molecule has 1 fully saturated rings. The van der Waals surface area contributed by atoms with Crippen molar-refractivity contribution in [2.24, 2.45) is 0 Å². The second kappa shape index (κ2) is 9.22. The summed E-state index contributed by atoms with van der Waals surface area (Å²) in [4.78, 5) is 12.2. The minimum Gasteiger partial charge on any atom is -0.493 e. The standard InChI is InChI=1S/C23H25NO8S/c1-28-20-8-14(9-21(29-2)23(20)30-3)18-11-32-19-5-4-16(10-17(18)19)31-12-22(25)24-15-6-7-33(26,27)13-15/h4-5,8-11,15H,6-7,12-13H2,1-3H3,(H,24,25)/t15-/m0/s1. The highest BCUT2D eigenvalue weighted by Gasteiger charge is 2.29. The molecule has 0 unspecified atom stereocenters. The molecule has 0 spiro atoms. The van der Waals surface area contributed by atoms with Gasteiger partial charge in [-0.3, -0.25) is 4.79 Å². The highest BCUT2D eigenvalue weighted by atomic mass is 32.2. The van der Waals surface area contributed by atoms with E-state index in [1.165, 1.54) is 0 Å². The Bertz CT molecular complexity index is 1260. The number of amides is 1. The van der Waals surface area contributed by atoms with Gasteiger partial charge in [0, 0.05) is 17.0 Å². The van der Waals surface area contributed by atoms with E-state index in [2.05, 4.69) is 5.32 Å². The van der Waals surface area contributed by atoms with E-state index in [1.54, 1.807) is 45.8 Å². The Morgan fingerprint density at radius 1 is 1.09 bits per heavy atom. The number of methoxy groups -OCH3 is 3. The van der Waals surface area contributed by atoms with E-state index >= 15 is 0 Å². The quantitative estimate of drug-likeness (QED) is 0.529. The molecule has 1 aliphatic rings. The van der Waals surface area contributed by atoms with Gasteiger partial charge in [-0.25, -0.2) is 8.42 Å². The molecule has 1 saturated heterocycles. The minimum absolute atomic E-state index is 0.0299. The van der Waals surface area contributed by atoms with Gasteiger partial charge in [0.15, 0.2) is 27.9 Å². The second-order valence-corrected chi connectivity index (χ2v) is 9.91. The number of hydrogen-bond acceptors (Lipinski definition) is 8. The van der Waals surface area contributed by atoms with E-state index in [-0.39, 0.29) is 30.1 Å². The first-order valence-corrected chi connectivity index (χ1v) is 12.1. The number of sulfone groups is 1. The first kappa shape index (κ1) is 22.8. The molecule has 3 aromatic rings. The Kier molecular flexibility index (Phi) is 6.37. The molecule has 4 rings (SSSR count). The van der Waals surface area contributed by atoms with Crippen molar-refractivity contribution < 1.29 is 36.6 Å². The monoisotopic (exact) mass is 475 g/mol. The van der Waals surface area contributed by atoms with Crippen molar-refractivity contribution in [3.05, 3.63) is 36.6 Å². The van der Waals surface area contributed by atoms with Crippen LogP contribution in [0.5, 0.6) is 23.0 Å². The maximum atomic E-state index is 12.2. The van der Waals surface area contributed by atoms with Gasteiger partial charge in [0.05, 0.1) is 39.1 Å². The van der Waals surface area contributed by atoms with Gasteiger partial charge in [-0.1, -0.05) is 0 Å². The molecule has 0 bridgehead atoms. The summed E-state index contributed by atoms with van der Waals surface area (Å²) >= 11 is 0. The smallest absolute Gasteiger partial charge is 0.258 e. The summed E-state index contributed by atoms with van der Waals surface area (Å²) in [6, 6.07) is 8.52. The molecule has 1 N–H and O–H groups in total. The lowest BCUT2D eigenvalue weighted by atomic mass is 10.0. The zero-order valence-corrected chi connectivity index (χ0v) is 19.4. The van der Waals surface area contributed by atoms with Crippen LogP contribution < -0.4 is 24.3 Å². The molecular formula is C23H25NO8S. The number of benzene rings is 2. The van der Waals surface area contributed by atoms with Gasteiger partial charge in [0.1, 0.15) is 11.3 Å². The number of fused-ring (bicyclic) bond motifs is 1. The van der Waals surface area contributed by atoms with Crippen molar-refractivity contribution >= 4 is 26.7 Å². The highest BCUT2D eigenvalue weighted by molar-refractivity contribution is 7.91. The summed E-state index contributed by atoms with van der Waals surface area (Å²) < 4.78 is 50.7. The van der Waals surface area contributed by atoms with E-state index in [9.17, 15) is 13.2 Å². The van der Waals surface area contributed by atoms with Crippen LogP contribution in [-0.4, -0.2) is 59.8 Å². The molecular weight excluding hydrogens is 450 g/mol. The van der Waals surface area contributed by atoms with Gasteiger partial charge in [-0.05, 0) is 42.3 Å². The zero-order valence-electron chi connectivity index (χ0n) is 18.5. The second-order valence-electron chi connectivity index (χ2n) is 7.68. The fraction of sp³-hybridized carbons (Fsp3) is 0.348. The SMILES string of the molecule is COc1cc(-c2coc3ccc(OCC(=O)N[C@H]4CCS(=O)(=O)C4)cc23)cc(OC)c1OC. The molecule has 0 aliphatic carbocycles. The lowest BCUT2D eigenvalue weighted by Crippen LogP contribution is -2.38. The van der Waals surface area contributed by atoms with Gasteiger partial charge in [-0.2, -0.15) is 0 Å². The van der Waals surface area contributed by atoms with Crippen LogP contribution in [-0.2, 0) is 14.6 Å². The average molecular weight is 476 g/mol. The summed E-state index contributed by atoms with van der Waals surface area (Å²) in [6.45, 7) is -0.223. The third-order valence-electron chi connectivity index (χ3n) is 5.49. The summed E-state index contributed by atoms with van der Waals surface area (Å²) in [7, 11) is 1.57. The zero-order chi connectivity index (χ0) is 23.6. The Labute approximate surface area is 191 Å². The van der Waals surface area contributed by atoms with E-state index < -0.39 is 9.84 Å². The predicted octanol–water partition coefficient (Wildman–Crippen LogP) is 2.81. The summed E-state index contributed by atoms with van der Waals surface area (Å²) in [5, 5.41) is 3.49. The lowest BCUT2D eigenvalue weighted by Gasteiger charge is -2.14. The number of hydrogen-bond donors (Lipinski definition) is 1. The van der Waals surface area contributed by atoms with Crippen molar-refractivity contribution in [2.45, 2.75) is 12.5 Å². The van der Waals surface area contributed by atoms with Crippen LogP contribution in [0.4, 0.5) is 0 Å².